The summed E-state index contributed by atoms with van der Waals surface area (Å²) in [6, 6.07) is 8.23. The minimum atomic E-state index is 0.625. The Labute approximate surface area is 109 Å². The molecule has 1 aliphatic rings. The minimum Gasteiger partial charge on any atom is -0.396 e. The number of aromatic nitrogens is 2. The van der Waals surface area contributed by atoms with Crippen LogP contribution in [0.2, 0.25) is 0 Å². The zero-order chi connectivity index (χ0) is 11.8. The van der Waals surface area contributed by atoms with Crippen molar-refractivity contribution in [2.24, 2.45) is 0 Å². The van der Waals surface area contributed by atoms with Crippen LogP contribution < -0.4 is 5.73 Å². The van der Waals surface area contributed by atoms with Crippen molar-refractivity contribution in [3.63, 3.8) is 0 Å². The predicted molar refractivity (Wildman–Crippen MR) is 71.9 cm³/mol. The molecular weight excluding hydrogens is 278 g/mol. The van der Waals surface area contributed by atoms with Gasteiger partial charge in [-0.1, -0.05) is 34.1 Å². The summed E-state index contributed by atoms with van der Waals surface area (Å²) in [5.41, 5.74) is 9.25. The standard InChI is InChI=1S/C13H14BrN3/c14-11-4-2-1-3-10(11)8-17-13(9-5-6-9)12(15)7-16-17/h1-4,7,9H,5-6,8,15H2. The lowest BCUT2D eigenvalue weighted by molar-refractivity contribution is 0.645. The Balaban J connectivity index is 1.93. The summed E-state index contributed by atoms with van der Waals surface area (Å²) in [5, 5.41) is 4.38. The Morgan fingerprint density at radius 2 is 2.12 bits per heavy atom. The number of nitrogens with two attached hydrogens (primary N) is 1. The lowest BCUT2D eigenvalue weighted by Crippen LogP contribution is -2.07. The van der Waals surface area contributed by atoms with Crippen LogP contribution >= 0.6 is 15.9 Å². The second-order valence-corrected chi connectivity index (χ2v) is 5.36. The SMILES string of the molecule is Nc1cnn(Cc2ccccc2Br)c1C1CC1. The fourth-order valence-corrected chi connectivity index (χ4v) is 2.54. The Hall–Kier alpha value is -1.29. The molecule has 3 nitrogen and oxygen atoms in total. The van der Waals surface area contributed by atoms with Gasteiger partial charge < -0.3 is 5.73 Å². The fourth-order valence-electron chi connectivity index (χ4n) is 2.13. The summed E-state index contributed by atoms with van der Waals surface area (Å²) in [7, 11) is 0. The third-order valence-electron chi connectivity index (χ3n) is 3.15. The van der Waals surface area contributed by atoms with E-state index in [1.165, 1.54) is 24.1 Å². The number of anilines is 1. The van der Waals surface area contributed by atoms with Gasteiger partial charge in [-0.3, -0.25) is 4.68 Å². The van der Waals surface area contributed by atoms with Crippen molar-refractivity contribution >= 4 is 21.6 Å². The molecule has 0 amide bonds. The summed E-state index contributed by atoms with van der Waals surface area (Å²) in [6.07, 6.45) is 4.25. The van der Waals surface area contributed by atoms with Gasteiger partial charge in [0.15, 0.2) is 0 Å². The molecule has 17 heavy (non-hydrogen) atoms. The first-order valence-electron chi connectivity index (χ1n) is 5.80. The number of rotatable bonds is 3. The average molecular weight is 292 g/mol. The predicted octanol–water partition coefficient (Wildman–Crippen LogP) is 3.15. The van der Waals surface area contributed by atoms with Gasteiger partial charge in [0.05, 0.1) is 24.1 Å². The summed E-state index contributed by atoms with van der Waals surface area (Å²) in [6.45, 7) is 0.782. The monoisotopic (exact) mass is 291 g/mol. The molecule has 1 saturated carbocycles. The lowest BCUT2D eigenvalue weighted by Gasteiger charge is -2.09. The Morgan fingerprint density at radius 1 is 1.35 bits per heavy atom. The van der Waals surface area contributed by atoms with Crippen molar-refractivity contribution in [2.45, 2.75) is 25.3 Å². The third-order valence-corrected chi connectivity index (χ3v) is 3.93. The topological polar surface area (TPSA) is 43.8 Å². The van der Waals surface area contributed by atoms with Crippen molar-refractivity contribution in [1.82, 2.24) is 9.78 Å². The van der Waals surface area contributed by atoms with Crippen LogP contribution in [-0.2, 0) is 6.54 Å². The van der Waals surface area contributed by atoms with E-state index in [0.717, 1.165) is 16.7 Å². The first-order chi connectivity index (χ1) is 8.25. The Kier molecular flexibility index (Phi) is 2.67. The van der Waals surface area contributed by atoms with Gasteiger partial charge in [0, 0.05) is 10.4 Å². The molecule has 2 aromatic rings. The van der Waals surface area contributed by atoms with Crippen LogP contribution in [0, 0.1) is 0 Å². The van der Waals surface area contributed by atoms with Crippen molar-refractivity contribution in [1.29, 1.82) is 0 Å². The lowest BCUT2D eigenvalue weighted by atomic mass is 10.2. The summed E-state index contributed by atoms with van der Waals surface area (Å²) < 4.78 is 3.16. The summed E-state index contributed by atoms with van der Waals surface area (Å²) >= 11 is 3.57. The van der Waals surface area contributed by atoms with E-state index < -0.39 is 0 Å². The number of benzene rings is 1. The van der Waals surface area contributed by atoms with Crippen molar-refractivity contribution in [3.05, 3.63) is 46.2 Å². The van der Waals surface area contributed by atoms with Gasteiger partial charge >= 0.3 is 0 Å². The van der Waals surface area contributed by atoms with E-state index in [2.05, 4.69) is 33.2 Å². The van der Waals surface area contributed by atoms with Crippen molar-refractivity contribution < 1.29 is 0 Å². The van der Waals surface area contributed by atoms with E-state index in [-0.39, 0.29) is 0 Å². The Bertz CT molecular complexity index is 543. The largest absolute Gasteiger partial charge is 0.396 e. The van der Waals surface area contributed by atoms with Gasteiger partial charge in [0.25, 0.3) is 0 Å². The summed E-state index contributed by atoms with van der Waals surface area (Å²) in [5.74, 6) is 0.625. The zero-order valence-corrected chi connectivity index (χ0v) is 11.0. The molecule has 1 aromatic heterocycles. The van der Waals surface area contributed by atoms with E-state index in [4.69, 9.17) is 5.73 Å². The van der Waals surface area contributed by atoms with E-state index in [1.807, 2.05) is 16.8 Å². The molecule has 0 saturated heterocycles. The van der Waals surface area contributed by atoms with Crippen LogP contribution in [-0.4, -0.2) is 9.78 Å². The first-order valence-corrected chi connectivity index (χ1v) is 6.59. The van der Waals surface area contributed by atoms with Crippen molar-refractivity contribution in [3.8, 4) is 0 Å². The van der Waals surface area contributed by atoms with E-state index in [9.17, 15) is 0 Å². The highest BCUT2D eigenvalue weighted by Gasteiger charge is 2.29. The number of nitrogen functional groups attached to an aromatic ring is 1. The average Bonchev–Trinajstić information content (AvgIpc) is 3.08. The summed E-state index contributed by atoms with van der Waals surface area (Å²) in [4.78, 5) is 0. The normalized spacial score (nSPS) is 15.1. The highest BCUT2D eigenvalue weighted by Crippen LogP contribution is 2.42. The highest BCUT2D eigenvalue weighted by atomic mass is 79.9. The molecule has 0 atom stereocenters. The van der Waals surface area contributed by atoms with Crippen LogP contribution in [0.5, 0.6) is 0 Å². The molecule has 1 fully saturated rings. The molecule has 2 N–H and O–H groups in total. The van der Waals surface area contributed by atoms with Gasteiger partial charge in [0.2, 0.25) is 0 Å². The van der Waals surface area contributed by atoms with E-state index >= 15 is 0 Å². The number of hydrogen-bond donors (Lipinski definition) is 1. The minimum absolute atomic E-state index is 0.625. The smallest absolute Gasteiger partial charge is 0.0736 e. The molecule has 0 unspecified atom stereocenters. The van der Waals surface area contributed by atoms with Gasteiger partial charge in [-0.25, -0.2) is 0 Å². The maximum atomic E-state index is 5.98. The van der Waals surface area contributed by atoms with Gasteiger partial charge in [0.1, 0.15) is 0 Å². The molecule has 1 aliphatic carbocycles. The molecular formula is C13H14BrN3. The van der Waals surface area contributed by atoms with Crippen LogP contribution in [0.3, 0.4) is 0 Å². The number of hydrogen-bond acceptors (Lipinski definition) is 2. The molecule has 0 radical (unpaired) electrons. The van der Waals surface area contributed by atoms with Crippen LogP contribution in [0.25, 0.3) is 0 Å². The quantitative estimate of drug-likeness (QED) is 0.944. The molecule has 3 rings (SSSR count). The molecule has 0 bridgehead atoms. The second kappa shape index (κ2) is 4.18. The second-order valence-electron chi connectivity index (χ2n) is 4.51. The van der Waals surface area contributed by atoms with E-state index in [1.54, 1.807) is 6.20 Å². The zero-order valence-electron chi connectivity index (χ0n) is 9.44. The van der Waals surface area contributed by atoms with Gasteiger partial charge in [-0.15, -0.1) is 0 Å². The molecule has 88 valence electrons. The van der Waals surface area contributed by atoms with Gasteiger partial charge in [-0.05, 0) is 24.5 Å². The fraction of sp³-hybridized carbons (Fsp3) is 0.308. The molecule has 4 heteroatoms. The molecule has 1 heterocycles. The van der Waals surface area contributed by atoms with Gasteiger partial charge in [-0.2, -0.15) is 5.10 Å². The van der Waals surface area contributed by atoms with E-state index in [0.29, 0.717) is 5.92 Å². The highest BCUT2D eigenvalue weighted by molar-refractivity contribution is 9.10. The first kappa shape index (κ1) is 10.8. The molecule has 0 aliphatic heterocycles. The molecule has 1 aromatic carbocycles. The van der Waals surface area contributed by atoms with Crippen LogP contribution in [0.4, 0.5) is 5.69 Å². The van der Waals surface area contributed by atoms with Crippen LogP contribution in [0.15, 0.2) is 34.9 Å². The van der Waals surface area contributed by atoms with Crippen LogP contribution in [0.1, 0.15) is 30.0 Å². The number of nitrogens with zero attached hydrogens (tertiary/aromatic N) is 2. The molecule has 0 spiro atoms. The maximum Gasteiger partial charge on any atom is 0.0736 e. The Morgan fingerprint density at radius 3 is 2.82 bits per heavy atom. The number of halogens is 1. The van der Waals surface area contributed by atoms with Crippen molar-refractivity contribution in [2.75, 3.05) is 5.73 Å². The third kappa shape index (κ3) is 2.09. The maximum absolute atomic E-state index is 5.98.